The van der Waals surface area contributed by atoms with Gasteiger partial charge in [0.1, 0.15) is 0 Å². The molecule has 0 bridgehead atoms. The van der Waals surface area contributed by atoms with Crippen molar-refractivity contribution in [1.29, 1.82) is 0 Å². The number of carbonyl (C=O) groups excluding carboxylic acids is 1. The molecule has 0 aromatic heterocycles. The number of rotatable bonds is 8. The van der Waals surface area contributed by atoms with Gasteiger partial charge in [-0.05, 0) is 31.3 Å². The monoisotopic (exact) mass is 265 g/mol. The number of hydrogen-bond acceptors (Lipinski definition) is 4. The molecular weight excluding hydrogens is 242 g/mol. The summed E-state index contributed by atoms with van der Waals surface area (Å²) in [6.45, 7) is 6.93. The lowest BCUT2D eigenvalue weighted by molar-refractivity contribution is 0.0966. The highest BCUT2D eigenvalue weighted by molar-refractivity contribution is 5.96. The number of methoxy groups -OCH3 is 2. The highest BCUT2D eigenvalue weighted by Gasteiger charge is 2.11. The van der Waals surface area contributed by atoms with E-state index < -0.39 is 0 Å². The van der Waals surface area contributed by atoms with Crippen LogP contribution >= 0.6 is 0 Å². The van der Waals surface area contributed by atoms with Crippen molar-refractivity contribution in [2.75, 3.05) is 33.9 Å². The Morgan fingerprint density at radius 2 is 1.74 bits per heavy atom. The lowest BCUT2D eigenvalue weighted by Crippen LogP contribution is -2.25. The first-order chi connectivity index (χ1) is 9.15. The molecule has 1 rings (SSSR count). The van der Waals surface area contributed by atoms with E-state index in [1.807, 2.05) is 0 Å². The third-order valence-electron chi connectivity index (χ3n) is 3.26. The summed E-state index contributed by atoms with van der Waals surface area (Å²) < 4.78 is 10.4. The summed E-state index contributed by atoms with van der Waals surface area (Å²) in [5.74, 6) is 1.37. The topological polar surface area (TPSA) is 38.8 Å². The molecule has 0 saturated heterocycles. The van der Waals surface area contributed by atoms with E-state index in [0.717, 1.165) is 19.6 Å². The largest absolute Gasteiger partial charge is 0.493 e. The summed E-state index contributed by atoms with van der Waals surface area (Å²) in [6, 6.07) is 5.29. The summed E-state index contributed by atoms with van der Waals surface area (Å²) in [5.41, 5.74) is 0.671. The van der Waals surface area contributed by atoms with Crippen LogP contribution in [0, 0.1) is 0 Å². The van der Waals surface area contributed by atoms with Gasteiger partial charge in [-0.15, -0.1) is 0 Å². The number of benzene rings is 1. The molecule has 0 fully saturated rings. The van der Waals surface area contributed by atoms with Crippen LogP contribution in [0.1, 0.15) is 30.6 Å². The van der Waals surface area contributed by atoms with Crippen LogP contribution in [0.4, 0.5) is 0 Å². The zero-order valence-electron chi connectivity index (χ0n) is 12.2. The van der Waals surface area contributed by atoms with Crippen LogP contribution in [-0.2, 0) is 0 Å². The second-order valence-corrected chi connectivity index (χ2v) is 4.27. The molecule has 0 radical (unpaired) electrons. The number of Topliss-reactive ketones (excluding diaryl/α,β-unsaturated/α-hetero) is 1. The van der Waals surface area contributed by atoms with E-state index in [4.69, 9.17) is 9.47 Å². The average molecular weight is 265 g/mol. The molecule has 106 valence electrons. The van der Waals surface area contributed by atoms with Crippen LogP contribution < -0.4 is 9.47 Å². The summed E-state index contributed by atoms with van der Waals surface area (Å²) in [6.07, 6.45) is 0.525. The Bertz CT molecular complexity index is 414. The highest BCUT2D eigenvalue weighted by Crippen LogP contribution is 2.27. The van der Waals surface area contributed by atoms with E-state index in [-0.39, 0.29) is 5.78 Å². The second kappa shape index (κ2) is 7.79. The van der Waals surface area contributed by atoms with Gasteiger partial charge in [0.05, 0.1) is 14.2 Å². The molecule has 0 N–H and O–H groups in total. The smallest absolute Gasteiger partial charge is 0.164 e. The van der Waals surface area contributed by atoms with Crippen LogP contribution in [0.15, 0.2) is 18.2 Å². The Kier molecular flexibility index (Phi) is 6.36. The van der Waals surface area contributed by atoms with Crippen molar-refractivity contribution in [3.8, 4) is 11.5 Å². The maximum atomic E-state index is 12.1. The lowest BCUT2D eigenvalue weighted by Gasteiger charge is -2.17. The van der Waals surface area contributed by atoms with Gasteiger partial charge in [-0.1, -0.05) is 13.8 Å². The lowest BCUT2D eigenvalue weighted by atomic mass is 10.1. The quantitative estimate of drug-likeness (QED) is 0.677. The van der Waals surface area contributed by atoms with Crippen molar-refractivity contribution in [3.05, 3.63) is 23.8 Å². The molecule has 0 unspecified atom stereocenters. The SMILES string of the molecule is CCN(CC)CCC(=O)c1ccc(OC)c(OC)c1. The minimum atomic E-state index is 0.132. The third-order valence-corrected chi connectivity index (χ3v) is 3.26. The summed E-state index contributed by atoms with van der Waals surface area (Å²) in [7, 11) is 3.15. The van der Waals surface area contributed by atoms with Crippen molar-refractivity contribution in [2.24, 2.45) is 0 Å². The Morgan fingerprint density at radius 3 is 2.26 bits per heavy atom. The van der Waals surface area contributed by atoms with Crippen LogP contribution in [-0.4, -0.2) is 44.5 Å². The Morgan fingerprint density at radius 1 is 1.11 bits per heavy atom. The molecule has 0 heterocycles. The van der Waals surface area contributed by atoms with E-state index in [2.05, 4.69) is 18.7 Å². The van der Waals surface area contributed by atoms with Crippen LogP contribution in [0.3, 0.4) is 0 Å². The molecule has 4 heteroatoms. The van der Waals surface area contributed by atoms with E-state index in [9.17, 15) is 4.79 Å². The molecule has 1 aromatic rings. The second-order valence-electron chi connectivity index (χ2n) is 4.27. The molecule has 0 aliphatic heterocycles. The Balaban J connectivity index is 2.72. The van der Waals surface area contributed by atoms with Crippen LogP contribution in [0.5, 0.6) is 11.5 Å². The first-order valence-corrected chi connectivity index (χ1v) is 6.63. The van der Waals surface area contributed by atoms with Crippen molar-refractivity contribution in [2.45, 2.75) is 20.3 Å². The maximum absolute atomic E-state index is 12.1. The van der Waals surface area contributed by atoms with E-state index >= 15 is 0 Å². The van der Waals surface area contributed by atoms with Gasteiger partial charge in [0, 0.05) is 18.5 Å². The van der Waals surface area contributed by atoms with Crippen molar-refractivity contribution in [1.82, 2.24) is 4.90 Å². The molecule has 0 atom stereocenters. The number of ketones is 1. The zero-order chi connectivity index (χ0) is 14.3. The van der Waals surface area contributed by atoms with Gasteiger partial charge in [-0.2, -0.15) is 0 Å². The van der Waals surface area contributed by atoms with Crippen molar-refractivity contribution < 1.29 is 14.3 Å². The fraction of sp³-hybridized carbons (Fsp3) is 0.533. The van der Waals surface area contributed by atoms with Crippen molar-refractivity contribution >= 4 is 5.78 Å². The summed E-state index contributed by atoms with van der Waals surface area (Å²) in [5, 5.41) is 0. The van der Waals surface area contributed by atoms with E-state index in [0.29, 0.717) is 23.5 Å². The predicted molar refractivity (Wildman–Crippen MR) is 76.3 cm³/mol. The summed E-state index contributed by atoms with van der Waals surface area (Å²) >= 11 is 0. The molecule has 19 heavy (non-hydrogen) atoms. The van der Waals surface area contributed by atoms with Gasteiger partial charge in [0.15, 0.2) is 17.3 Å². The van der Waals surface area contributed by atoms with Gasteiger partial charge in [-0.3, -0.25) is 4.79 Å². The normalized spacial score (nSPS) is 10.6. The molecule has 0 saturated carbocycles. The molecule has 0 aliphatic rings. The van der Waals surface area contributed by atoms with Gasteiger partial charge in [0.2, 0.25) is 0 Å². The summed E-state index contributed by atoms with van der Waals surface area (Å²) in [4.78, 5) is 14.4. The Labute approximate surface area is 115 Å². The zero-order valence-corrected chi connectivity index (χ0v) is 12.2. The predicted octanol–water partition coefficient (Wildman–Crippen LogP) is 2.62. The standard InChI is InChI=1S/C15H23NO3/c1-5-16(6-2)10-9-13(17)12-7-8-14(18-3)15(11-12)19-4/h7-8,11H,5-6,9-10H2,1-4H3. The average Bonchev–Trinajstić information content (AvgIpc) is 2.47. The molecule has 1 aromatic carbocycles. The van der Waals surface area contributed by atoms with Gasteiger partial charge in [-0.25, -0.2) is 0 Å². The molecule has 0 aliphatic carbocycles. The Hall–Kier alpha value is -1.55. The minimum Gasteiger partial charge on any atom is -0.493 e. The van der Waals surface area contributed by atoms with Crippen LogP contribution in [0.25, 0.3) is 0 Å². The number of ether oxygens (including phenoxy) is 2. The van der Waals surface area contributed by atoms with Gasteiger partial charge < -0.3 is 14.4 Å². The van der Waals surface area contributed by atoms with Gasteiger partial charge in [0.25, 0.3) is 0 Å². The fourth-order valence-corrected chi connectivity index (χ4v) is 1.95. The fourth-order valence-electron chi connectivity index (χ4n) is 1.95. The molecule has 0 spiro atoms. The number of hydrogen-bond donors (Lipinski definition) is 0. The number of nitrogens with zero attached hydrogens (tertiary/aromatic N) is 1. The minimum absolute atomic E-state index is 0.132. The molecular formula is C15H23NO3. The van der Waals surface area contributed by atoms with Crippen molar-refractivity contribution in [3.63, 3.8) is 0 Å². The van der Waals surface area contributed by atoms with E-state index in [1.165, 1.54) is 0 Å². The highest BCUT2D eigenvalue weighted by atomic mass is 16.5. The maximum Gasteiger partial charge on any atom is 0.164 e. The van der Waals surface area contributed by atoms with Crippen LogP contribution in [0.2, 0.25) is 0 Å². The first kappa shape index (κ1) is 15.5. The molecule has 0 amide bonds. The number of carbonyl (C=O) groups is 1. The van der Waals surface area contributed by atoms with E-state index in [1.54, 1.807) is 32.4 Å². The van der Waals surface area contributed by atoms with Gasteiger partial charge >= 0.3 is 0 Å². The first-order valence-electron chi connectivity index (χ1n) is 6.63. The third kappa shape index (κ3) is 4.24. The molecule has 4 nitrogen and oxygen atoms in total.